The van der Waals surface area contributed by atoms with Crippen LogP contribution in [-0.4, -0.2) is 28.5 Å². The van der Waals surface area contributed by atoms with E-state index in [1.807, 2.05) is 48.5 Å². The summed E-state index contributed by atoms with van der Waals surface area (Å²) in [5.74, 6) is -0.818. The second kappa shape index (κ2) is 8.83. The van der Waals surface area contributed by atoms with E-state index in [2.05, 4.69) is 23.2 Å². The lowest BCUT2D eigenvalue weighted by molar-refractivity contribution is 0.644. The second-order valence-corrected chi connectivity index (χ2v) is 8.73. The number of nitrogens with zero attached hydrogens (tertiary/aromatic N) is 2. The molecule has 0 atom stereocenters. The fraction of sp³-hybridized carbons (Fsp3) is 0. The quantitative estimate of drug-likeness (QED) is 0.362. The molecule has 0 aliphatic rings. The number of rotatable bonds is 3. The van der Waals surface area contributed by atoms with Crippen molar-refractivity contribution in [1.29, 1.82) is 5.26 Å². The van der Waals surface area contributed by atoms with Crippen LogP contribution in [0.15, 0.2) is 89.3 Å². The standard InChI is InChI=1S/C30H14B3FN2O/c31-24-26(34)25(32)30(33)36-27(24)21-8-4-7-20-23-14-16(15-35)13-22(29(23)37-28(20)21)19-11-9-18(10-12-19)17-5-2-1-3-6-17/h1-14H. The lowest BCUT2D eigenvalue weighted by Gasteiger charge is -2.12. The number of pyridine rings is 1. The Balaban J connectivity index is 1.59. The third-order valence-corrected chi connectivity index (χ3v) is 6.52. The fourth-order valence-electron chi connectivity index (χ4n) is 4.65. The van der Waals surface area contributed by atoms with Crippen molar-refractivity contribution in [3.8, 4) is 39.6 Å². The second-order valence-electron chi connectivity index (χ2n) is 8.73. The zero-order valence-electron chi connectivity index (χ0n) is 19.5. The lowest BCUT2D eigenvalue weighted by Crippen LogP contribution is -2.38. The Hall–Kier alpha value is -4.56. The van der Waals surface area contributed by atoms with Crippen molar-refractivity contribution in [2.75, 3.05) is 0 Å². The summed E-state index contributed by atoms with van der Waals surface area (Å²) in [6, 6.07) is 29.4. The molecule has 0 N–H and O–H groups in total. The van der Waals surface area contributed by atoms with E-state index in [0.717, 1.165) is 33.0 Å². The fourth-order valence-corrected chi connectivity index (χ4v) is 4.65. The molecule has 3 nitrogen and oxygen atoms in total. The van der Waals surface area contributed by atoms with E-state index in [-0.39, 0.29) is 22.2 Å². The Morgan fingerprint density at radius 1 is 0.703 bits per heavy atom. The third kappa shape index (κ3) is 3.73. The highest BCUT2D eigenvalue weighted by molar-refractivity contribution is 6.50. The number of aromatic nitrogens is 1. The van der Waals surface area contributed by atoms with Gasteiger partial charge in [0.15, 0.2) is 0 Å². The normalized spacial score (nSPS) is 11.1. The zero-order valence-corrected chi connectivity index (χ0v) is 19.5. The van der Waals surface area contributed by atoms with E-state index in [1.165, 1.54) is 0 Å². The van der Waals surface area contributed by atoms with Gasteiger partial charge in [-0.3, -0.25) is 4.98 Å². The van der Waals surface area contributed by atoms with Crippen LogP contribution in [0.3, 0.4) is 0 Å². The summed E-state index contributed by atoms with van der Waals surface area (Å²) in [5, 5.41) is 11.2. The van der Waals surface area contributed by atoms with Crippen molar-refractivity contribution in [2.45, 2.75) is 0 Å². The van der Waals surface area contributed by atoms with Crippen LogP contribution in [0.5, 0.6) is 0 Å². The molecule has 0 spiro atoms. The smallest absolute Gasteiger partial charge is 0.144 e. The highest BCUT2D eigenvalue weighted by Crippen LogP contribution is 2.40. The molecule has 6 rings (SSSR count). The molecule has 6 radical (unpaired) electrons. The van der Waals surface area contributed by atoms with Gasteiger partial charge in [0, 0.05) is 21.9 Å². The molecule has 0 amide bonds. The molecule has 7 heteroatoms. The molecule has 2 aromatic heterocycles. The summed E-state index contributed by atoms with van der Waals surface area (Å²) in [5.41, 5.74) is 5.34. The van der Waals surface area contributed by atoms with E-state index < -0.39 is 5.82 Å². The van der Waals surface area contributed by atoms with E-state index in [9.17, 15) is 9.65 Å². The first kappa shape index (κ1) is 22.9. The van der Waals surface area contributed by atoms with Crippen LogP contribution in [0.25, 0.3) is 55.4 Å². The maximum atomic E-state index is 14.6. The Kier molecular flexibility index (Phi) is 5.46. The average Bonchev–Trinajstić information content (AvgIpc) is 3.33. The SMILES string of the molecule is [B]c1nc(-c2cccc3c2oc2c(-c4ccc(-c5ccccc5)cc4)cc(C#N)cc23)c([B])c(F)c1[B]. The molecule has 37 heavy (non-hydrogen) atoms. The van der Waals surface area contributed by atoms with E-state index in [1.54, 1.807) is 24.3 Å². The Morgan fingerprint density at radius 3 is 2.11 bits per heavy atom. The molecule has 6 aromatic rings. The number of fused-ring (bicyclic) bond motifs is 3. The maximum absolute atomic E-state index is 14.6. The van der Waals surface area contributed by atoms with Gasteiger partial charge in [-0.05, 0) is 45.9 Å². The zero-order chi connectivity index (χ0) is 25.7. The van der Waals surface area contributed by atoms with Crippen LogP contribution in [0.2, 0.25) is 0 Å². The van der Waals surface area contributed by atoms with Crippen LogP contribution in [0.1, 0.15) is 5.56 Å². The lowest BCUT2D eigenvalue weighted by atomic mass is 9.78. The summed E-state index contributed by atoms with van der Waals surface area (Å²) in [4.78, 5) is 4.25. The van der Waals surface area contributed by atoms with Crippen LogP contribution in [0, 0.1) is 17.1 Å². The van der Waals surface area contributed by atoms with Crippen LogP contribution in [0.4, 0.5) is 4.39 Å². The highest BCUT2D eigenvalue weighted by atomic mass is 19.1. The summed E-state index contributed by atoms with van der Waals surface area (Å²) in [6.07, 6.45) is 0. The topological polar surface area (TPSA) is 49.8 Å². The van der Waals surface area contributed by atoms with Gasteiger partial charge in [-0.15, -0.1) is 0 Å². The number of halogens is 1. The van der Waals surface area contributed by atoms with E-state index in [0.29, 0.717) is 22.3 Å². The molecule has 0 bridgehead atoms. The summed E-state index contributed by atoms with van der Waals surface area (Å²) in [6.45, 7) is 0. The Bertz CT molecular complexity index is 1870. The first-order valence-electron chi connectivity index (χ1n) is 11.5. The number of hydrogen-bond acceptors (Lipinski definition) is 3. The highest BCUT2D eigenvalue weighted by Gasteiger charge is 2.20. The van der Waals surface area contributed by atoms with E-state index >= 15 is 0 Å². The van der Waals surface area contributed by atoms with Crippen molar-refractivity contribution >= 4 is 62.0 Å². The number of nitriles is 1. The van der Waals surface area contributed by atoms with Gasteiger partial charge in [-0.1, -0.05) is 72.2 Å². The van der Waals surface area contributed by atoms with Crippen LogP contribution < -0.4 is 16.5 Å². The molecule has 4 aromatic carbocycles. The number of furan rings is 1. The summed E-state index contributed by atoms with van der Waals surface area (Å²) < 4.78 is 21.0. The predicted octanol–water partition coefficient (Wildman–Crippen LogP) is 4.37. The molecule has 0 aliphatic carbocycles. The van der Waals surface area contributed by atoms with Gasteiger partial charge in [-0.2, -0.15) is 5.26 Å². The van der Waals surface area contributed by atoms with Gasteiger partial charge in [-0.25, -0.2) is 4.39 Å². The van der Waals surface area contributed by atoms with Gasteiger partial charge in [0.05, 0.1) is 17.3 Å². The summed E-state index contributed by atoms with van der Waals surface area (Å²) >= 11 is 0. The van der Waals surface area contributed by atoms with Crippen LogP contribution in [-0.2, 0) is 0 Å². The van der Waals surface area contributed by atoms with Crippen molar-refractivity contribution in [3.05, 3.63) is 96.3 Å². The van der Waals surface area contributed by atoms with E-state index in [4.69, 9.17) is 28.0 Å². The Morgan fingerprint density at radius 2 is 1.38 bits per heavy atom. The van der Waals surface area contributed by atoms with Gasteiger partial charge in [0.25, 0.3) is 0 Å². The monoisotopic (exact) mass is 470 g/mol. The third-order valence-electron chi connectivity index (χ3n) is 6.52. The molecule has 0 saturated carbocycles. The molecule has 0 saturated heterocycles. The molecular formula is C30H14B3FN2O. The van der Waals surface area contributed by atoms with Gasteiger partial charge < -0.3 is 4.42 Å². The minimum atomic E-state index is -0.818. The minimum Gasteiger partial charge on any atom is -0.455 e. The largest absolute Gasteiger partial charge is 0.455 e. The summed E-state index contributed by atoms with van der Waals surface area (Å²) in [7, 11) is 17.6. The van der Waals surface area contributed by atoms with Crippen molar-refractivity contribution in [1.82, 2.24) is 4.98 Å². The molecule has 166 valence electrons. The van der Waals surface area contributed by atoms with Crippen molar-refractivity contribution in [3.63, 3.8) is 0 Å². The van der Waals surface area contributed by atoms with Gasteiger partial charge in [0.2, 0.25) is 0 Å². The first-order valence-corrected chi connectivity index (χ1v) is 11.5. The van der Waals surface area contributed by atoms with Crippen molar-refractivity contribution < 1.29 is 8.81 Å². The number of hydrogen-bond donors (Lipinski definition) is 0. The number of benzene rings is 4. The molecule has 0 aliphatic heterocycles. The average molecular weight is 470 g/mol. The van der Waals surface area contributed by atoms with Gasteiger partial charge in [0.1, 0.15) is 40.5 Å². The van der Waals surface area contributed by atoms with Gasteiger partial charge >= 0.3 is 0 Å². The molecule has 2 heterocycles. The Labute approximate surface area is 216 Å². The first-order chi connectivity index (χ1) is 18.0. The minimum absolute atomic E-state index is 0.142. The predicted molar refractivity (Wildman–Crippen MR) is 149 cm³/mol. The van der Waals surface area contributed by atoms with Crippen LogP contribution >= 0.6 is 0 Å². The molecular weight excluding hydrogens is 456 g/mol. The van der Waals surface area contributed by atoms with Crippen molar-refractivity contribution in [2.24, 2.45) is 0 Å². The molecule has 0 unspecified atom stereocenters. The molecule has 0 fully saturated rings. The maximum Gasteiger partial charge on any atom is 0.144 e. The number of para-hydroxylation sites is 1.